The summed E-state index contributed by atoms with van der Waals surface area (Å²) < 4.78 is 5.59. The molecule has 1 unspecified atom stereocenters. The van der Waals surface area contributed by atoms with E-state index in [1.165, 1.54) is 0 Å². The van der Waals surface area contributed by atoms with E-state index in [0.29, 0.717) is 12.8 Å². The summed E-state index contributed by atoms with van der Waals surface area (Å²) in [7, 11) is 0. The predicted molar refractivity (Wildman–Crippen MR) is 69.2 cm³/mol. The molecular weight excluding hydrogens is 244 g/mol. The highest BCUT2D eigenvalue weighted by Gasteiger charge is 2.63. The Balaban J connectivity index is 2.01. The van der Waals surface area contributed by atoms with Gasteiger partial charge in [0.05, 0.1) is 17.6 Å². The van der Waals surface area contributed by atoms with E-state index in [1.54, 1.807) is 0 Å². The van der Waals surface area contributed by atoms with Crippen molar-refractivity contribution in [1.29, 1.82) is 0 Å². The van der Waals surface area contributed by atoms with Crippen molar-refractivity contribution in [3.8, 4) is 0 Å². The number of hydrogen-bond donors (Lipinski definition) is 2. The fourth-order valence-electron chi connectivity index (χ4n) is 4.88. The zero-order valence-electron chi connectivity index (χ0n) is 11.9. The molecule has 2 N–H and O–H groups in total. The number of carbonyl (C=O) groups excluding carboxylic acids is 1. The van der Waals surface area contributed by atoms with Crippen LogP contribution in [0.5, 0.6) is 0 Å². The van der Waals surface area contributed by atoms with Crippen LogP contribution in [0.15, 0.2) is 0 Å². The molecule has 3 aliphatic rings. The summed E-state index contributed by atoms with van der Waals surface area (Å²) in [6.07, 6.45) is 2.32. The van der Waals surface area contributed by atoms with E-state index in [2.05, 4.69) is 0 Å². The lowest BCUT2D eigenvalue weighted by atomic mass is 9.51. The van der Waals surface area contributed by atoms with Crippen molar-refractivity contribution >= 4 is 5.97 Å². The maximum atomic E-state index is 11.8. The lowest BCUT2D eigenvalue weighted by molar-refractivity contribution is -0.212. The summed E-state index contributed by atoms with van der Waals surface area (Å²) in [5, 5.41) is 21.2. The lowest BCUT2D eigenvalue weighted by Crippen LogP contribution is -2.62. The molecule has 2 saturated carbocycles. The summed E-state index contributed by atoms with van der Waals surface area (Å²) >= 11 is 0. The number of aliphatic hydroxyl groups is 2. The first-order valence-corrected chi connectivity index (χ1v) is 7.38. The van der Waals surface area contributed by atoms with Crippen molar-refractivity contribution in [1.82, 2.24) is 0 Å². The molecule has 3 rings (SSSR count). The molecule has 3 fully saturated rings. The fraction of sp³-hybridized carbons (Fsp3) is 0.933. The summed E-state index contributed by atoms with van der Waals surface area (Å²) in [5.41, 5.74) is -1.20. The van der Waals surface area contributed by atoms with Gasteiger partial charge in [0.25, 0.3) is 0 Å². The summed E-state index contributed by atoms with van der Waals surface area (Å²) in [6.45, 7) is 5.80. The Morgan fingerprint density at radius 1 is 1.26 bits per heavy atom. The van der Waals surface area contributed by atoms with E-state index in [4.69, 9.17) is 4.74 Å². The van der Waals surface area contributed by atoms with E-state index in [9.17, 15) is 15.0 Å². The molecule has 1 saturated heterocycles. The van der Waals surface area contributed by atoms with Gasteiger partial charge in [0.1, 0.15) is 6.10 Å². The first-order valence-electron chi connectivity index (χ1n) is 7.38. The number of aliphatic hydroxyl groups excluding tert-OH is 1. The van der Waals surface area contributed by atoms with Gasteiger partial charge in [-0.05, 0) is 32.6 Å². The van der Waals surface area contributed by atoms with Crippen LogP contribution in [0.2, 0.25) is 0 Å². The first kappa shape index (κ1) is 13.4. The molecular formula is C15H24O4. The van der Waals surface area contributed by atoms with Gasteiger partial charge >= 0.3 is 5.97 Å². The van der Waals surface area contributed by atoms with E-state index >= 15 is 0 Å². The summed E-state index contributed by atoms with van der Waals surface area (Å²) in [6, 6.07) is 0. The van der Waals surface area contributed by atoms with E-state index in [0.717, 1.165) is 12.8 Å². The van der Waals surface area contributed by atoms with E-state index in [1.807, 2.05) is 20.8 Å². The number of carbonyl (C=O) groups is 1. The molecule has 2 aliphatic carbocycles. The molecule has 7 atom stereocenters. The number of hydrogen-bond acceptors (Lipinski definition) is 4. The topological polar surface area (TPSA) is 66.8 Å². The average molecular weight is 268 g/mol. The van der Waals surface area contributed by atoms with Gasteiger partial charge < -0.3 is 14.9 Å². The third kappa shape index (κ3) is 1.69. The highest BCUT2D eigenvalue weighted by atomic mass is 16.6. The average Bonchev–Trinajstić information content (AvgIpc) is 2.60. The molecule has 4 nitrogen and oxygen atoms in total. The molecule has 108 valence electrons. The maximum Gasteiger partial charge on any atom is 0.309 e. The quantitative estimate of drug-likeness (QED) is 0.653. The second-order valence-electron chi connectivity index (χ2n) is 7.29. The standard InChI is InChI=1S/C15H24O4/c1-8-9-4-6-14(2)10(16)5-7-15(3,18)12(14)11(9)19-13(8)17/h8-12,16,18H,4-7H2,1-3H3/t8-,9?,10+,11-,12+,14-,15+/m0/s1. The van der Waals surface area contributed by atoms with Crippen molar-refractivity contribution < 1.29 is 19.7 Å². The zero-order chi connectivity index (χ0) is 14.0. The van der Waals surface area contributed by atoms with Crippen molar-refractivity contribution in [2.45, 2.75) is 64.3 Å². The van der Waals surface area contributed by atoms with Crippen molar-refractivity contribution in [3.05, 3.63) is 0 Å². The molecule has 0 aromatic carbocycles. The SMILES string of the molecule is C[C@@H]1C(=O)O[C@H]2C1CC[C@@]1(C)[C@H](O)CC[C@@](C)(O)[C@H]21. The minimum absolute atomic E-state index is 0.0792. The van der Waals surface area contributed by atoms with Gasteiger partial charge in [-0.2, -0.15) is 0 Å². The lowest BCUT2D eigenvalue weighted by Gasteiger charge is -2.57. The third-order valence-corrected chi connectivity index (χ3v) is 6.10. The minimum Gasteiger partial charge on any atom is -0.461 e. The number of ether oxygens (including phenoxy) is 1. The van der Waals surface area contributed by atoms with E-state index < -0.39 is 11.7 Å². The molecule has 1 heterocycles. The van der Waals surface area contributed by atoms with Crippen LogP contribution >= 0.6 is 0 Å². The number of rotatable bonds is 0. The van der Waals surface area contributed by atoms with Gasteiger partial charge in [0.15, 0.2) is 0 Å². The summed E-state index contributed by atoms with van der Waals surface area (Å²) in [4.78, 5) is 11.8. The van der Waals surface area contributed by atoms with Crippen LogP contribution < -0.4 is 0 Å². The smallest absolute Gasteiger partial charge is 0.309 e. The Kier molecular flexibility index (Phi) is 2.78. The van der Waals surface area contributed by atoms with Crippen LogP contribution in [-0.2, 0) is 9.53 Å². The predicted octanol–water partition coefficient (Wildman–Crippen LogP) is 1.49. The van der Waals surface area contributed by atoms with Crippen molar-refractivity contribution in [2.24, 2.45) is 23.2 Å². The fourth-order valence-corrected chi connectivity index (χ4v) is 4.88. The zero-order valence-corrected chi connectivity index (χ0v) is 11.9. The Hall–Kier alpha value is -0.610. The highest BCUT2D eigenvalue weighted by molar-refractivity contribution is 5.75. The summed E-state index contributed by atoms with van der Waals surface area (Å²) in [5.74, 6) is -0.182. The van der Waals surface area contributed by atoms with Crippen molar-refractivity contribution in [2.75, 3.05) is 0 Å². The Morgan fingerprint density at radius 3 is 2.63 bits per heavy atom. The van der Waals surface area contributed by atoms with Crippen LogP contribution in [-0.4, -0.2) is 34.0 Å². The monoisotopic (exact) mass is 268 g/mol. The van der Waals surface area contributed by atoms with Crippen LogP contribution in [0.4, 0.5) is 0 Å². The van der Waals surface area contributed by atoms with Crippen LogP contribution in [0.1, 0.15) is 46.5 Å². The molecule has 0 spiro atoms. The van der Waals surface area contributed by atoms with Gasteiger partial charge in [0, 0.05) is 17.3 Å². The number of fused-ring (bicyclic) bond motifs is 3. The van der Waals surface area contributed by atoms with Gasteiger partial charge in [-0.15, -0.1) is 0 Å². The molecule has 0 aromatic rings. The second-order valence-corrected chi connectivity index (χ2v) is 7.29. The largest absolute Gasteiger partial charge is 0.461 e. The molecule has 0 aromatic heterocycles. The normalized spacial score (nSPS) is 57.3. The van der Waals surface area contributed by atoms with Gasteiger partial charge in [-0.1, -0.05) is 13.8 Å². The Bertz CT molecular complexity index is 405. The maximum absolute atomic E-state index is 11.8. The van der Waals surface area contributed by atoms with Gasteiger partial charge in [0.2, 0.25) is 0 Å². The van der Waals surface area contributed by atoms with Crippen LogP contribution in [0, 0.1) is 23.2 Å². The Morgan fingerprint density at radius 2 is 1.95 bits per heavy atom. The molecule has 0 amide bonds. The molecule has 4 heteroatoms. The van der Waals surface area contributed by atoms with Gasteiger partial charge in [-0.3, -0.25) is 4.79 Å². The minimum atomic E-state index is -0.859. The molecule has 0 bridgehead atoms. The highest BCUT2D eigenvalue weighted by Crippen LogP contribution is 2.58. The Labute approximate surface area is 114 Å². The molecule has 1 aliphatic heterocycles. The molecule has 0 radical (unpaired) electrons. The first-order chi connectivity index (χ1) is 8.77. The van der Waals surface area contributed by atoms with Crippen LogP contribution in [0.25, 0.3) is 0 Å². The number of esters is 1. The molecule has 19 heavy (non-hydrogen) atoms. The third-order valence-electron chi connectivity index (χ3n) is 6.10. The second kappa shape index (κ2) is 3.95. The van der Waals surface area contributed by atoms with Crippen LogP contribution in [0.3, 0.4) is 0 Å². The van der Waals surface area contributed by atoms with Gasteiger partial charge in [-0.25, -0.2) is 0 Å². The van der Waals surface area contributed by atoms with E-state index in [-0.39, 0.29) is 35.2 Å². The van der Waals surface area contributed by atoms with Crippen molar-refractivity contribution in [3.63, 3.8) is 0 Å².